The molecule has 0 radical (unpaired) electrons. The molecule has 0 aliphatic heterocycles. The predicted molar refractivity (Wildman–Crippen MR) is 94.4 cm³/mol. The Balaban J connectivity index is 2.63. The lowest BCUT2D eigenvalue weighted by atomic mass is 9.83. The van der Waals surface area contributed by atoms with Gasteiger partial charge in [-0.3, -0.25) is 0 Å². The molecule has 0 aliphatic carbocycles. The van der Waals surface area contributed by atoms with Crippen molar-refractivity contribution in [1.29, 1.82) is 0 Å². The summed E-state index contributed by atoms with van der Waals surface area (Å²) in [5.41, 5.74) is 4.33. The van der Waals surface area contributed by atoms with Crippen LogP contribution >= 0.6 is 0 Å². The molecule has 0 spiro atoms. The summed E-state index contributed by atoms with van der Waals surface area (Å²) in [5, 5.41) is 5.72. The Morgan fingerprint density at radius 3 is 1.62 bits per heavy atom. The van der Waals surface area contributed by atoms with Crippen molar-refractivity contribution in [3.05, 3.63) is 59.2 Å². The van der Waals surface area contributed by atoms with Gasteiger partial charge in [0.15, 0.2) is 0 Å². The quantitative estimate of drug-likeness (QED) is 0.466. The molecule has 108 valence electrons. The van der Waals surface area contributed by atoms with E-state index < -0.39 is 0 Å². The second-order valence-electron chi connectivity index (χ2n) is 6.73. The molecular formula is C21H24. The van der Waals surface area contributed by atoms with Crippen LogP contribution in [0.3, 0.4) is 0 Å². The smallest absolute Gasteiger partial charge is 0.0137 e. The Labute approximate surface area is 127 Å². The molecule has 0 atom stereocenters. The van der Waals surface area contributed by atoms with E-state index in [-0.39, 0.29) is 0 Å². The lowest BCUT2D eigenvalue weighted by Crippen LogP contribution is -1.99. The predicted octanol–water partition coefficient (Wildman–Crippen LogP) is 6.55. The van der Waals surface area contributed by atoms with Crippen molar-refractivity contribution in [2.75, 3.05) is 0 Å². The zero-order chi connectivity index (χ0) is 15.1. The van der Waals surface area contributed by atoms with E-state index in [0.717, 1.165) is 0 Å². The topological polar surface area (TPSA) is 0 Å². The summed E-state index contributed by atoms with van der Waals surface area (Å²) < 4.78 is 0. The minimum absolute atomic E-state index is 0.528. The molecule has 0 saturated carbocycles. The van der Waals surface area contributed by atoms with Gasteiger partial charge in [-0.1, -0.05) is 75.7 Å². The lowest BCUT2D eigenvalue weighted by Gasteiger charge is -2.21. The molecule has 0 aromatic heterocycles. The molecule has 0 heterocycles. The summed E-state index contributed by atoms with van der Waals surface area (Å²) in [5.74, 6) is 1.06. The second kappa shape index (κ2) is 5.18. The zero-order valence-corrected chi connectivity index (χ0v) is 13.7. The van der Waals surface area contributed by atoms with Crippen LogP contribution in [0.1, 0.15) is 56.2 Å². The van der Waals surface area contributed by atoms with E-state index in [0.29, 0.717) is 11.8 Å². The van der Waals surface area contributed by atoms with E-state index in [4.69, 9.17) is 0 Å². The fourth-order valence-corrected chi connectivity index (χ4v) is 3.60. The van der Waals surface area contributed by atoms with Gasteiger partial charge in [-0.25, -0.2) is 0 Å². The van der Waals surface area contributed by atoms with Crippen LogP contribution in [0, 0.1) is 6.92 Å². The van der Waals surface area contributed by atoms with Crippen molar-refractivity contribution in [3.8, 4) is 0 Å². The van der Waals surface area contributed by atoms with Gasteiger partial charge < -0.3 is 0 Å². The average Bonchev–Trinajstić information content (AvgIpc) is 2.43. The molecule has 3 aromatic carbocycles. The molecule has 0 fully saturated rings. The van der Waals surface area contributed by atoms with Crippen LogP contribution in [0.25, 0.3) is 21.5 Å². The Hall–Kier alpha value is -1.82. The summed E-state index contributed by atoms with van der Waals surface area (Å²) in [7, 11) is 0. The molecule has 0 bridgehead atoms. The lowest BCUT2D eigenvalue weighted by molar-refractivity contribution is 0.873. The van der Waals surface area contributed by atoms with Crippen molar-refractivity contribution in [2.24, 2.45) is 0 Å². The molecule has 3 rings (SSSR count). The summed E-state index contributed by atoms with van der Waals surface area (Å²) >= 11 is 0. The summed E-state index contributed by atoms with van der Waals surface area (Å²) in [6.45, 7) is 11.4. The first kappa shape index (κ1) is 14.1. The molecule has 0 amide bonds. The number of benzene rings is 3. The standard InChI is InChI=1S/C21H24/c1-13(2)20-16-8-6-7-9-17(16)21(14(3)4)19-12-15(5)10-11-18(19)20/h6-14H,1-5H3. The minimum atomic E-state index is 0.528. The fraction of sp³-hybridized carbons (Fsp3) is 0.333. The van der Waals surface area contributed by atoms with Gasteiger partial charge in [0.25, 0.3) is 0 Å². The fourth-order valence-electron chi connectivity index (χ4n) is 3.60. The van der Waals surface area contributed by atoms with Crippen LogP contribution < -0.4 is 0 Å². The first-order chi connectivity index (χ1) is 10.0. The van der Waals surface area contributed by atoms with E-state index in [1.54, 1.807) is 0 Å². The normalized spacial score (nSPS) is 12.0. The number of rotatable bonds is 2. The number of hydrogen-bond donors (Lipinski definition) is 0. The first-order valence-corrected chi connectivity index (χ1v) is 7.95. The Morgan fingerprint density at radius 2 is 1.10 bits per heavy atom. The van der Waals surface area contributed by atoms with Crippen molar-refractivity contribution in [1.82, 2.24) is 0 Å². The van der Waals surface area contributed by atoms with Gasteiger partial charge in [-0.15, -0.1) is 0 Å². The largest absolute Gasteiger partial charge is 0.0616 e. The van der Waals surface area contributed by atoms with Gasteiger partial charge in [0.2, 0.25) is 0 Å². The van der Waals surface area contributed by atoms with E-state index in [1.807, 2.05) is 0 Å². The second-order valence-corrected chi connectivity index (χ2v) is 6.73. The highest BCUT2D eigenvalue weighted by molar-refractivity contribution is 6.06. The van der Waals surface area contributed by atoms with E-state index in [9.17, 15) is 0 Å². The van der Waals surface area contributed by atoms with Gasteiger partial charge in [-0.05, 0) is 51.4 Å². The first-order valence-electron chi connectivity index (χ1n) is 7.95. The maximum absolute atomic E-state index is 2.36. The molecule has 21 heavy (non-hydrogen) atoms. The number of fused-ring (bicyclic) bond motifs is 2. The SMILES string of the molecule is Cc1ccc2c(C(C)C)c3ccccc3c(C(C)C)c2c1. The maximum atomic E-state index is 2.36. The van der Waals surface area contributed by atoms with Crippen LogP contribution in [-0.2, 0) is 0 Å². The summed E-state index contributed by atoms with van der Waals surface area (Å²) in [6.07, 6.45) is 0. The molecule has 0 aliphatic rings. The third-order valence-electron chi connectivity index (χ3n) is 4.42. The highest BCUT2D eigenvalue weighted by Crippen LogP contribution is 2.40. The number of aryl methyl sites for hydroxylation is 1. The highest BCUT2D eigenvalue weighted by atomic mass is 14.2. The third kappa shape index (κ3) is 2.23. The van der Waals surface area contributed by atoms with Crippen LogP contribution in [-0.4, -0.2) is 0 Å². The molecule has 0 unspecified atom stereocenters. The van der Waals surface area contributed by atoms with Crippen LogP contribution in [0.2, 0.25) is 0 Å². The zero-order valence-electron chi connectivity index (χ0n) is 13.7. The Bertz CT molecular complexity index is 807. The van der Waals surface area contributed by atoms with Crippen molar-refractivity contribution >= 4 is 21.5 Å². The van der Waals surface area contributed by atoms with Crippen molar-refractivity contribution in [2.45, 2.75) is 46.5 Å². The Kier molecular flexibility index (Phi) is 3.49. The van der Waals surface area contributed by atoms with E-state index in [2.05, 4.69) is 77.1 Å². The monoisotopic (exact) mass is 276 g/mol. The van der Waals surface area contributed by atoms with Gasteiger partial charge >= 0.3 is 0 Å². The van der Waals surface area contributed by atoms with Crippen LogP contribution in [0.4, 0.5) is 0 Å². The number of hydrogen-bond acceptors (Lipinski definition) is 0. The van der Waals surface area contributed by atoms with E-state index in [1.165, 1.54) is 38.2 Å². The van der Waals surface area contributed by atoms with Crippen molar-refractivity contribution < 1.29 is 0 Å². The van der Waals surface area contributed by atoms with Crippen LogP contribution in [0.15, 0.2) is 42.5 Å². The molecule has 0 N–H and O–H groups in total. The van der Waals surface area contributed by atoms with Gasteiger partial charge in [0, 0.05) is 0 Å². The summed E-state index contributed by atoms with van der Waals surface area (Å²) in [4.78, 5) is 0. The average molecular weight is 276 g/mol. The van der Waals surface area contributed by atoms with Gasteiger partial charge in [0.1, 0.15) is 0 Å². The molecular weight excluding hydrogens is 252 g/mol. The van der Waals surface area contributed by atoms with Gasteiger partial charge in [-0.2, -0.15) is 0 Å². The maximum Gasteiger partial charge on any atom is -0.0137 e. The van der Waals surface area contributed by atoms with Crippen LogP contribution in [0.5, 0.6) is 0 Å². The molecule has 0 nitrogen and oxygen atoms in total. The Morgan fingerprint density at radius 1 is 0.619 bits per heavy atom. The van der Waals surface area contributed by atoms with E-state index >= 15 is 0 Å². The third-order valence-corrected chi connectivity index (χ3v) is 4.42. The molecule has 0 saturated heterocycles. The minimum Gasteiger partial charge on any atom is -0.0616 e. The van der Waals surface area contributed by atoms with Crippen molar-refractivity contribution in [3.63, 3.8) is 0 Å². The highest BCUT2D eigenvalue weighted by Gasteiger charge is 2.17. The summed E-state index contributed by atoms with van der Waals surface area (Å²) in [6, 6.07) is 15.8. The van der Waals surface area contributed by atoms with Gasteiger partial charge in [0.05, 0.1) is 0 Å². The molecule has 0 heteroatoms. The molecule has 3 aromatic rings.